The molecule has 1 aromatic carbocycles. The van der Waals surface area contributed by atoms with Crippen LogP contribution >= 0.6 is 0 Å². The molecule has 0 spiro atoms. The van der Waals surface area contributed by atoms with Crippen LogP contribution in [0.1, 0.15) is 24.0 Å². The lowest BCUT2D eigenvalue weighted by atomic mass is 10.0. The van der Waals surface area contributed by atoms with Gasteiger partial charge < -0.3 is 19.6 Å². The maximum Gasteiger partial charge on any atom is 0.251 e. The van der Waals surface area contributed by atoms with E-state index in [2.05, 4.69) is 45.4 Å². The first-order chi connectivity index (χ1) is 15.2. The number of pyridine rings is 1. The third-order valence-electron chi connectivity index (χ3n) is 5.96. The molecule has 0 saturated carbocycles. The fourth-order valence-electron chi connectivity index (χ4n) is 4.10. The lowest BCUT2D eigenvalue weighted by molar-refractivity contribution is 0.0903. The van der Waals surface area contributed by atoms with Crippen molar-refractivity contribution in [2.75, 3.05) is 18.5 Å². The Bertz CT molecular complexity index is 1270. The zero-order valence-electron chi connectivity index (χ0n) is 17.5. The molecule has 5 rings (SSSR count). The van der Waals surface area contributed by atoms with Gasteiger partial charge in [-0.25, -0.2) is 9.97 Å². The summed E-state index contributed by atoms with van der Waals surface area (Å²) < 4.78 is 7.13. The molecule has 31 heavy (non-hydrogen) atoms. The number of anilines is 1. The smallest absolute Gasteiger partial charge is 0.251 e. The zero-order valence-corrected chi connectivity index (χ0v) is 17.5. The minimum absolute atomic E-state index is 0.0522. The molecule has 7 heteroatoms. The van der Waals surface area contributed by atoms with Crippen molar-refractivity contribution < 1.29 is 4.74 Å². The van der Waals surface area contributed by atoms with Crippen molar-refractivity contribution in [2.24, 2.45) is 0 Å². The van der Waals surface area contributed by atoms with Crippen LogP contribution in [0.15, 0.2) is 59.8 Å². The van der Waals surface area contributed by atoms with Crippen LogP contribution in [0.2, 0.25) is 0 Å². The second kappa shape index (κ2) is 8.35. The predicted octanol–water partition coefficient (Wildman–Crippen LogP) is 3.73. The summed E-state index contributed by atoms with van der Waals surface area (Å²) in [6, 6.07) is 11.9. The molecule has 158 valence electrons. The van der Waals surface area contributed by atoms with Crippen LogP contribution in [0.3, 0.4) is 0 Å². The summed E-state index contributed by atoms with van der Waals surface area (Å²) in [4.78, 5) is 25.0. The van der Waals surface area contributed by atoms with E-state index in [-0.39, 0.29) is 5.56 Å². The van der Waals surface area contributed by atoms with Gasteiger partial charge in [-0.1, -0.05) is 6.07 Å². The van der Waals surface area contributed by atoms with E-state index in [1.165, 1.54) is 10.9 Å². The molecule has 0 bridgehead atoms. The van der Waals surface area contributed by atoms with Gasteiger partial charge in [0, 0.05) is 60.4 Å². The first-order valence-corrected chi connectivity index (χ1v) is 10.6. The minimum atomic E-state index is -0.0522. The molecular weight excluding hydrogens is 390 g/mol. The summed E-state index contributed by atoms with van der Waals surface area (Å²) in [5.41, 5.74) is 4.90. The van der Waals surface area contributed by atoms with E-state index >= 15 is 0 Å². The van der Waals surface area contributed by atoms with Crippen molar-refractivity contribution in [2.45, 2.75) is 32.4 Å². The number of aromatic nitrogens is 4. The SMILES string of the molecule is Cc1c(Cn2ccc(-c3ccnc(NC4CCOCC4)n3)cc2=O)ccc2[nH]ccc12. The van der Waals surface area contributed by atoms with Gasteiger partial charge >= 0.3 is 0 Å². The van der Waals surface area contributed by atoms with Gasteiger partial charge in [-0.05, 0) is 55.2 Å². The van der Waals surface area contributed by atoms with E-state index < -0.39 is 0 Å². The van der Waals surface area contributed by atoms with Crippen LogP contribution in [-0.4, -0.2) is 38.8 Å². The monoisotopic (exact) mass is 415 g/mol. The quantitative estimate of drug-likeness (QED) is 0.519. The van der Waals surface area contributed by atoms with Crippen molar-refractivity contribution in [3.63, 3.8) is 0 Å². The molecule has 0 aliphatic carbocycles. The average molecular weight is 415 g/mol. The average Bonchev–Trinajstić information content (AvgIpc) is 3.27. The van der Waals surface area contributed by atoms with Gasteiger partial charge in [-0.2, -0.15) is 0 Å². The number of nitrogens with zero attached hydrogens (tertiary/aromatic N) is 3. The third-order valence-corrected chi connectivity index (χ3v) is 5.96. The van der Waals surface area contributed by atoms with Crippen LogP contribution in [-0.2, 0) is 11.3 Å². The summed E-state index contributed by atoms with van der Waals surface area (Å²) >= 11 is 0. The largest absolute Gasteiger partial charge is 0.381 e. The number of benzene rings is 1. The molecule has 1 saturated heterocycles. The van der Waals surface area contributed by atoms with Crippen molar-refractivity contribution in [1.29, 1.82) is 0 Å². The number of hydrogen-bond donors (Lipinski definition) is 2. The van der Waals surface area contributed by atoms with Gasteiger partial charge in [0.15, 0.2) is 0 Å². The topological polar surface area (TPSA) is 84.8 Å². The highest BCUT2D eigenvalue weighted by atomic mass is 16.5. The van der Waals surface area contributed by atoms with Crippen LogP contribution in [0.5, 0.6) is 0 Å². The standard InChI is InChI=1S/C24H25N5O2/c1-16-18(2-3-22-20(16)4-9-25-22)15-29-11-6-17(14-23(29)30)21-5-10-26-24(28-21)27-19-7-12-31-13-8-19/h2-6,9-11,14,19,25H,7-8,12-13,15H2,1H3,(H,26,27,28). The number of H-pyrrole nitrogens is 1. The molecule has 0 radical (unpaired) electrons. The highest BCUT2D eigenvalue weighted by Gasteiger charge is 2.15. The third kappa shape index (κ3) is 4.09. The maximum absolute atomic E-state index is 12.8. The molecule has 0 amide bonds. The lowest BCUT2D eigenvalue weighted by Crippen LogP contribution is -2.28. The highest BCUT2D eigenvalue weighted by molar-refractivity contribution is 5.83. The fraction of sp³-hybridized carbons (Fsp3) is 0.292. The number of aromatic amines is 1. The normalized spacial score (nSPS) is 14.7. The van der Waals surface area contributed by atoms with Gasteiger partial charge in [0.25, 0.3) is 5.56 Å². The Morgan fingerprint density at radius 3 is 2.90 bits per heavy atom. The lowest BCUT2D eigenvalue weighted by Gasteiger charge is -2.23. The van der Waals surface area contributed by atoms with Crippen molar-refractivity contribution in [3.8, 4) is 11.3 Å². The second-order valence-corrected chi connectivity index (χ2v) is 7.97. The number of rotatable bonds is 5. The van der Waals surface area contributed by atoms with E-state index in [1.807, 2.05) is 24.5 Å². The first kappa shape index (κ1) is 19.5. The summed E-state index contributed by atoms with van der Waals surface area (Å²) in [6.07, 6.45) is 7.39. The Labute approximate surface area is 180 Å². The Hall–Kier alpha value is -3.45. The van der Waals surface area contributed by atoms with E-state index in [0.29, 0.717) is 18.5 Å². The van der Waals surface area contributed by atoms with E-state index in [9.17, 15) is 4.79 Å². The Kier molecular flexibility index (Phi) is 5.26. The molecule has 3 aromatic heterocycles. The van der Waals surface area contributed by atoms with Gasteiger partial charge in [-0.3, -0.25) is 4.79 Å². The molecule has 1 aliphatic rings. The van der Waals surface area contributed by atoms with Crippen LogP contribution in [0.4, 0.5) is 5.95 Å². The number of aryl methyl sites for hydroxylation is 1. The number of hydrogen-bond acceptors (Lipinski definition) is 5. The predicted molar refractivity (Wildman–Crippen MR) is 121 cm³/mol. The number of nitrogens with one attached hydrogen (secondary N) is 2. The molecule has 1 fully saturated rings. The summed E-state index contributed by atoms with van der Waals surface area (Å²) in [7, 11) is 0. The van der Waals surface area contributed by atoms with Crippen LogP contribution < -0.4 is 10.9 Å². The molecule has 1 aliphatic heterocycles. The molecule has 2 N–H and O–H groups in total. The van der Waals surface area contributed by atoms with Gasteiger partial charge in [0.1, 0.15) is 0 Å². The summed E-state index contributed by atoms with van der Waals surface area (Å²) in [5.74, 6) is 0.587. The first-order valence-electron chi connectivity index (χ1n) is 10.6. The fourth-order valence-corrected chi connectivity index (χ4v) is 4.10. The molecule has 4 aromatic rings. The molecular formula is C24H25N5O2. The van der Waals surface area contributed by atoms with E-state index in [0.717, 1.165) is 48.4 Å². The summed E-state index contributed by atoms with van der Waals surface area (Å²) in [5, 5.41) is 4.57. The number of ether oxygens (including phenoxy) is 1. The van der Waals surface area contributed by atoms with E-state index in [4.69, 9.17) is 4.74 Å². The Balaban J connectivity index is 1.37. The Morgan fingerprint density at radius 2 is 2.06 bits per heavy atom. The van der Waals surface area contributed by atoms with Crippen molar-refractivity contribution in [1.82, 2.24) is 19.5 Å². The van der Waals surface area contributed by atoms with Gasteiger partial charge in [-0.15, -0.1) is 0 Å². The second-order valence-electron chi connectivity index (χ2n) is 7.97. The molecule has 4 heterocycles. The van der Waals surface area contributed by atoms with Crippen LogP contribution in [0, 0.1) is 6.92 Å². The summed E-state index contributed by atoms with van der Waals surface area (Å²) in [6.45, 7) is 4.14. The highest BCUT2D eigenvalue weighted by Crippen LogP contribution is 2.22. The van der Waals surface area contributed by atoms with E-state index in [1.54, 1.807) is 16.8 Å². The van der Waals surface area contributed by atoms with Crippen LogP contribution in [0.25, 0.3) is 22.2 Å². The van der Waals surface area contributed by atoms with Gasteiger partial charge in [0.2, 0.25) is 5.95 Å². The van der Waals surface area contributed by atoms with Gasteiger partial charge in [0.05, 0.1) is 12.2 Å². The van der Waals surface area contributed by atoms with Crippen molar-refractivity contribution >= 4 is 16.9 Å². The van der Waals surface area contributed by atoms with Crippen molar-refractivity contribution in [3.05, 3.63) is 76.5 Å². The number of fused-ring (bicyclic) bond motifs is 1. The zero-order chi connectivity index (χ0) is 21.2. The Morgan fingerprint density at radius 1 is 1.19 bits per heavy atom. The molecule has 0 atom stereocenters. The maximum atomic E-state index is 12.8. The minimum Gasteiger partial charge on any atom is -0.381 e. The molecule has 0 unspecified atom stereocenters. The molecule has 7 nitrogen and oxygen atoms in total.